The predicted molar refractivity (Wildman–Crippen MR) is 106 cm³/mol. The normalized spacial score (nSPS) is 23.0. The summed E-state index contributed by atoms with van der Waals surface area (Å²) in [6, 6.07) is 10.3. The summed E-state index contributed by atoms with van der Waals surface area (Å²) in [5.41, 5.74) is 0.907. The summed E-state index contributed by atoms with van der Waals surface area (Å²) in [7, 11) is 0. The standard InChI is InChI=1S/C19H26N6O.ClH/c1-13(2)17(19(26)24-11-10-15-8-9-16(12-24)20-15)25-22-18(21-23-25)14-6-4-3-5-7-14;/h3-7,13,15-17,20H,8-12H2,1-2H3;1H. The number of aromatic nitrogens is 4. The molecule has 2 fully saturated rings. The van der Waals surface area contributed by atoms with Gasteiger partial charge in [0.05, 0.1) is 0 Å². The van der Waals surface area contributed by atoms with Crippen molar-refractivity contribution < 1.29 is 4.79 Å². The number of hydrogen-bond acceptors (Lipinski definition) is 5. The third-order valence-electron chi connectivity index (χ3n) is 5.43. The second-order valence-corrected chi connectivity index (χ2v) is 7.70. The van der Waals surface area contributed by atoms with E-state index >= 15 is 0 Å². The number of tetrazole rings is 1. The molecule has 2 saturated heterocycles. The molecule has 2 aliphatic rings. The highest BCUT2D eigenvalue weighted by Gasteiger charge is 2.36. The number of benzene rings is 1. The van der Waals surface area contributed by atoms with Crippen LogP contribution in [0.2, 0.25) is 0 Å². The van der Waals surface area contributed by atoms with Gasteiger partial charge in [-0.1, -0.05) is 44.2 Å². The highest BCUT2D eigenvalue weighted by atomic mass is 35.5. The Morgan fingerprint density at radius 3 is 2.63 bits per heavy atom. The number of rotatable bonds is 4. The van der Waals surface area contributed by atoms with Crippen molar-refractivity contribution in [3.63, 3.8) is 0 Å². The maximum absolute atomic E-state index is 13.3. The summed E-state index contributed by atoms with van der Waals surface area (Å²) >= 11 is 0. The van der Waals surface area contributed by atoms with Crippen LogP contribution in [0.3, 0.4) is 0 Å². The van der Waals surface area contributed by atoms with Crippen LogP contribution in [0.1, 0.15) is 39.2 Å². The lowest BCUT2D eigenvalue weighted by molar-refractivity contribution is -0.137. The molecule has 1 aromatic heterocycles. The molecule has 4 rings (SSSR count). The van der Waals surface area contributed by atoms with Crippen LogP contribution in [0.15, 0.2) is 30.3 Å². The Bertz CT molecular complexity index is 765. The highest BCUT2D eigenvalue weighted by molar-refractivity contribution is 5.85. The predicted octanol–water partition coefficient (Wildman–Crippen LogP) is 2.31. The molecular formula is C19H27ClN6O. The number of carbonyl (C=O) groups excluding carboxylic acids is 1. The van der Waals surface area contributed by atoms with Crippen LogP contribution in [-0.4, -0.2) is 56.2 Å². The maximum atomic E-state index is 13.3. The molecule has 3 unspecified atom stereocenters. The monoisotopic (exact) mass is 390 g/mol. The summed E-state index contributed by atoms with van der Waals surface area (Å²) in [6.07, 6.45) is 3.40. The van der Waals surface area contributed by atoms with Gasteiger partial charge in [-0.15, -0.1) is 22.6 Å². The first kappa shape index (κ1) is 19.8. The van der Waals surface area contributed by atoms with E-state index in [1.807, 2.05) is 49.1 Å². The molecule has 1 N–H and O–H groups in total. The number of carbonyl (C=O) groups is 1. The maximum Gasteiger partial charge on any atom is 0.249 e. The quantitative estimate of drug-likeness (QED) is 0.866. The fourth-order valence-corrected chi connectivity index (χ4v) is 4.03. The molecule has 3 atom stereocenters. The van der Waals surface area contributed by atoms with Gasteiger partial charge >= 0.3 is 0 Å². The van der Waals surface area contributed by atoms with Gasteiger partial charge in [0.1, 0.15) is 0 Å². The van der Waals surface area contributed by atoms with E-state index < -0.39 is 6.04 Å². The van der Waals surface area contributed by atoms with Crippen molar-refractivity contribution in [2.24, 2.45) is 5.92 Å². The average Bonchev–Trinajstić information content (AvgIpc) is 3.22. The molecule has 0 spiro atoms. The van der Waals surface area contributed by atoms with Gasteiger partial charge in [0.15, 0.2) is 6.04 Å². The van der Waals surface area contributed by atoms with E-state index in [1.54, 1.807) is 0 Å². The summed E-state index contributed by atoms with van der Waals surface area (Å²) in [4.78, 5) is 16.8. The van der Waals surface area contributed by atoms with Crippen LogP contribution >= 0.6 is 12.4 Å². The fraction of sp³-hybridized carbons (Fsp3) is 0.579. The van der Waals surface area contributed by atoms with Gasteiger partial charge in [0.25, 0.3) is 0 Å². The Morgan fingerprint density at radius 1 is 1.15 bits per heavy atom. The number of nitrogens with one attached hydrogen (secondary N) is 1. The van der Waals surface area contributed by atoms with Gasteiger partial charge in [-0.05, 0) is 30.4 Å². The number of halogens is 1. The van der Waals surface area contributed by atoms with Crippen molar-refractivity contribution in [3.05, 3.63) is 30.3 Å². The smallest absolute Gasteiger partial charge is 0.249 e. The molecule has 0 radical (unpaired) electrons. The zero-order valence-electron chi connectivity index (χ0n) is 15.8. The molecule has 0 saturated carbocycles. The SMILES string of the molecule is CC(C)C(C(=O)N1CCC2CCC(C1)N2)n1nnc(-c2ccccc2)n1.Cl. The third kappa shape index (κ3) is 4.14. The first-order chi connectivity index (χ1) is 12.6. The van der Waals surface area contributed by atoms with E-state index in [1.165, 1.54) is 11.2 Å². The number of likely N-dealkylation sites (tertiary alicyclic amines) is 1. The Morgan fingerprint density at radius 2 is 1.89 bits per heavy atom. The minimum Gasteiger partial charge on any atom is -0.339 e. The molecule has 1 aromatic carbocycles. The van der Waals surface area contributed by atoms with Crippen molar-refractivity contribution in [1.29, 1.82) is 0 Å². The molecule has 146 valence electrons. The van der Waals surface area contributed by atoms with Gasteiger partial charge in [-0.3, -0.25) is 4.79 Å². The van der Waals surface area contributed by atoms with Gasteiger partial charge in [0, 0.05) is 30.7 Å². The summed E-state index contributed by atoms with van der Waals surface area (Å²) in [6.45, 7) is 5.65. The number of fused-ring (bicyclic) bond motifs is 2. The van der Waals surface area contributed by atoms with E-state index in [0.29, 0.717) is 17.9 Å². The fourth-order valence-electron chi connectivity index (χ4n) is 4.03. The molecule has 1 amide bonds. The molecule has 8 heteroatoms. The molecule has 7 nitrogen and oxygen atoms in total. The largest absolute Gasteiger partial charge is 0.339 e. The third-order valence-corrected chi connectivity index (χ3v) is 5.43. The Balaban J connectivity index is 0.00000210. The van der Waals surface area contributed by atoms with Crippen LogP contribution in [0.4, 0.5) is 0 Å². The van der Waals surface area contributed by atoms with Crippen LogP contribution in [0, 0.1) is 5.92 Å². The average molecular weight is 391 g/mol. The van der Waals surface area contributed by atoms with Crippen molar-refractivity contribution in [2.75, 3.05) is 13.1 Å². The zero-order valence-corrected chi connectivity index (χ0v) is 16.6. The Hall–Kier alpha value is -1.99. The molecule has 27 heavy (non-hydrogen) atoms. The lowest BCUT2D eigenvalue weighted by Crippen LogP contribution is -2.44. The minimum atomic E-state index is -0.420. The highest BCUT2D eigenvalue weighted by Crippen LogP contribution is 2.25. The van der Waals surface area contributed by atoms with Crippen LogP contribution in [0.25, 0.3) is 11.4 Å². The van der Waals surface area contributed by atoms with E-state index in [4.69, 9.17) is 0 Å². The molecule has 2 bridgehead atoms. The molecule has 0 aliphatic carbocycles. The first-order valence-corrected chi connectivity index (χ1v) is 9.51. The zero-order chi connectivity index (χ0) is 18.1. The summed E-state index contributed by atoms with van der Waals surface area (Å²) in [5, 5.41) is 16.5. The number of amides is 1. The Kier molecular flexibility index (Phi) is 6.11. The van der Waals surface area contributed by atoms with Crippen molar-refractivity contribution in [3.8, 4) is 11.4 Å². The van der Waals surface area contributed by atoms with Gasteiger partial charge in [0.2, 0.25) is 11.7 Å². The summed E-state index contributed by atoms with van der Waals surface area (Å²) in [5.74, 6) is 0.751. The first-order valence-electron chi connectivity index (χ1n) is 9.51. The molecule has 2 aromatic rings. The van der Waals surface area contributed by atoms with Crippen LogP contribution in [-0.2, 0) is 4.79 Å². The Labute approximate surface area is 165 Å². The second kappa shape index (κ2) is 8.35. The van der Waals surface area contributed by atoms with E-state index in [2.05, 4.69) is 20.7 Å². The van der Waals surface area contributed by atoms with Crippen LogP contribution in [0.5, 0.6) is 0 Å². The lowest BCUT2D eigenvalue weighted by atomic mass is 10.0. The second-order valence-electron chi connectivity index (χ2n) is 7.70. The minimum absolute atomic E-state index is 0. The lowest BCUT2D eigenvalue weighted by Gasteiger charge is -2.29. The van der Waals surface area contributed by atoms with Gasteiger partial charge in [-0.25, -0.2) is 0 Å². The number of nitrogens with zero attached hydrogens (tertiary/aromatic N) is 5. The summed E-state index contributed by atoms with van der Waals surface area (Å²) < 4.78 is 0. The van der Waals surface area contributed by atoms with Gasteiger partial charge < -0.3 is 10.2 Å². The van der Waals surface area contributed by atoms with Crippen LogP contribution < -0.4 is 5.32 Å². The van der Waals surface area contributed by atoms with Crippen molar-refractivity contribution >= 4 is 18.3 Å². The molecular weight excluding hydrogens is 364 g/mol. The number of hydrogen-bond donors (Lipinski definition) is 1. The topological polar surface area (TPSA) is 75.9 Å². The van der Waals surface area contributed by atoms with Crippen molar-refractivity contribution in [1.82, 2.24) is 30.4 Å². The molecule has 2 aliphatic heterocycles. The van der Waals surface area contributed by atoms with Crippen molar-refractivity contribution in [2.45, 2.75) is 51.2 Å². The van der Waals surface area contributed by atoms with Gasteiger partial charge in [-0.2, -0.15) is 4.80 Å². The van der Waals surface area contributed by atoms with E-state index in [-0.39, 0.29) is 24.2 Å². The van der Waals surface area contributed by atoms with E-state index in [9.17, 15) is 4.79 Å². The molecule has 3 heterocycles. The van der Waals surface area contributed by atoms with E-state index in [0.717, 1.165) is 31.5 Å².